The molecule has 0 unspecified atom stereocenters. The van der Waals surface area contributed by atoms with Crippen molar-refractivity contribution in [2.45, 2.75) is 18.4 Å². The largest absolute Gasteiger partial charge is 0.457 e. The first-order valence-electron chi connectivity index (χ1n) is 9.15. The van der Waals surface area contributed by atoms with Gasteiger partial charge in [-0.25, -0.2) is 17.6 Å². The predicted octanol–water partition coefficient (Wildman–Crippen LogP) is 2.69. The minimum absolute atomic E-state index is 0.0342. The molecule has 0 bridgehead atoms. The first kappa shape index (κ1) is 22.2. The Labute approximate surface area is 179 Å². The van der Waals surface area contributed by atoms with Gasteiger partial charge in [-0.05, 0) is 30.3 Å². The standard InChI is InChI=1S/C20H20ClFN2O5S/c1-14(25)23-7-9-24(10-8-23)30(27,28)18-4-2-3-15(11-18)20(26)29-13-16-5-6-17(22)12-19(16)21/h2-6,11-12H,7-10,13H2,1H3. The molecular weight excluding hydrogens is 435 g/mol. The summed E-state index contributed by atoms with van der Waals surface area (Å²) in [4.78, 5) is 25.4. The number of halogens is 2. The Morgan fingerprint density at radius 3 is 2.43 bits per heavy atom. The third-order valence-corrected chi connectivity index (χ3v) is 7.01. The van der Waals surface area contributed by atoms with Crippen LogP contribution in [0.3, 0.4) is 0 Å². The van der Waals surface area contributed by atoms with Crippen LogP contribution in [0.2, 0.25) is 5.02 Å². The van der Waals surface area contributed by atoms with Crippen LogP contribution < -0.4 is 0 Å². The molecule has 0 N–H and O–H groups in total. The molecule has 1 fully saturated rings. The maximum absolute atomic E-state index is 13.1. The first-order valence-corrected chi connectivity index (χ1v) is 11.0. The van der Waals surface area contributed by atoms with E-state index < -0.39 is 21.8 Å². The van der Waals surface area contributed by atoms with E-state index in [1.54, 1.807) is 4.90 Å². The summed E-state index contributed by atoms with van der Waals surface area (Å²) in [6.45, 7) is 2.25. The Kier molecular flexibility index (Phi) is 6.74. The molecule has 1 aliphatic rings. The molecule has 0 aliphatic carbocycles. The van der Waals surface area contributed by atoms with Crippen molar-refractivity contribution >= 4 is 33.5 Å². The lowest BCUT2D eigenvalue weighted by Crippen LogP contribution is -2.49. The fourth-order valence-corrected chi connectivity index (χ4v) is 4.73. The SMILES string of the molecule is CC(=O)N1CCN(S(=O)(=O)c2cccc(C(=O)OCc3ccc(F)cc3Cl)c2)CC1. The van der Waals surface area contributed by atoms with Crippen LogP contribution in [0.15, 0.2) is 47.4 Å². The van der Waals surface area contributed by atoms with Crippen molar-refractivity contribution in [1.29, 1.82) is 0 Å². The van der Waals surface area contributed by atoms with Gasteiger partial charge in [-0.1, -0.05) is 23.7 Å². The lowest BCUT2D eigenvalue weighted by molar-refractivity contribution is -0.129. The van der Waals surface area contributed by atoms with Gasteiger partial charge in [-0.3, -0.25) is 4.79 Å². The van der Waals surface area contributed by atoms with Crippen molar-refractivity contribution in [2.24, 2.45) is 0 Å². The van der Waals surface area contributed by atoms with Crippen molar-refractivity contribution in [3.05, 3.63) is 64.4 Å². The van der Waals surface area contributed by atoms with Crippen LogP contribution in [0.4, 0.5) is 4.39 Å². The van der Waals surface area contributed by atoms with E-state index in [9.17, 15) is 22.4 Å². The van der Waals surface area contributed by atoms with Crippen LogP contribution in [0.5, 0.6) is 0 Å². The highest BCUT2D eigenvalue weighted by molar-refractivity contribution is 7.89. The maximum atomic E-state index is 13.1. The van der Waals surface area contributed by atoms with E-state index in [2.05, 4.69) is 0 Å². The molecule has 1 heterocycles. The van der Waals surface area contributed by atoms with E-state index in [1.165, 1.54) is 47.6 Å². The quantitative estimate of drug-likeness (QED) is 0.648. The number of sulfonamides is 1. The maximum Gasteiger partial charge on any atom is 0.338 e. The second-order valence-electron chi connectivity index (χ2n) is 6.75. The minimum atomic E-state index is -3.82. The van der Waals surface area contributed by atoms with Gasteiger partial charge in [0, 0.05) is 38.7 Å². The molecule has 1 amide bonds. The highest BCUT2D eigenvalue weighted by Crippen LogP contribution is 2.21. The van der Waals surface area contributed by atoms with Crippen LogP contribution in [0.25, 0.3) is 0 Å². The number of carbonyl (C=O) groups excluding carboxylic acids is 2. The Bertz CT molecular complexity index is 1070. The number of carbonyl (C=O) groups is 2. The number of rotatable bonds is 5. The molecule has 0 saturated carbocycles. The third kappa shape index (κ3) is 4.97. The number of hydrogen-bond acceptors (Lipinski definition) is 5. The molecule has 1 saturated heterocycles. The van der Waals surface area contributed by atoms with E-state index in [1.807, 2.05) is 0 Å². The molecule has 0 aromatic heterocycles. The second kappa shape index (κ2) is 9.11. The van der Waals surface area contributed by atoms with Gasteiger partial charge in [0.1, 0.15) is 12.4 Å². The highest BCUT2D eigenvalue weighted by atomic mass is 35.5. The number of benzene rings is 2. The van der Waals surface area contributed by atoms with E-state index >= 15 is 0 Å². The van der Waals surface area contributed by atoms with E-state index in [-0.39, 0.29) is 41.1 Å². The number of nitrogens with zero attached hydrogens (tertiary/aromatic N) is 2. The van der Waals surface area contributed by atoms with Gasteiger partial charge in [0.2, 0.25) is 15.9 Å². The van der Waals surface area contributed by atoms with Crippen LogP contribution in [-0.2, 0) is 26.2 Å². The Morgan fingerprint density at radius 1 is 1.10 bits per heavy atom. The highest BCUT2D eigenvalue weighted by Gasteiger charge is 2.29. The van der Waals surface area contributed by atoms with Crippen molar-refractivity contribution in [1.82, 2.24) is 9.21 Å². The zero-order chi connectivity index (χ0) is 21.9. The summed E-state index contributed by atoms with van der Waals surface area (Å²) in [6.07, 6.45) is 0. The monoisotopic (exact) mass is 454 g/mol. The molecule has 3 rings (SSSR count). The Balaban J connectivity index is 1.70. The zero-order valence-electron chi connectivity index (χ0n) is 16.2. The molecule has 1 aliphatic heterocycles. The lowest BCUT2D eigenvalue weighted by atomic mass is 10.2. The van der Waals surface area contributed by atoms with Crippen LogP contribution in [-0.4, -0.2) is 55.7 Å². The lowest BCUT2D eigenvalue weighted by Gasteiger charge is -2.33. The number of hydrogen-bond donors (Lipinski definition) is 0. The van der Waals surface area contributed by atoms with Gasteiger partial charge in [-0.15, -0.1) is 0 Å². The second-order valence-corrected chi connectivity index (χ2v) is 9.09. The molecule has 0 atom stereocenters. The third-order valence-electron chi connectivity index (χ3n) is 4.77. The van der Waals surface area contributed by atoms with Crippen molar-refractivity contribution in [3.63, 3.8) is 0 Å². The minimum Gasteiger partial charge on any atom is -0.457 e. The molecule has 0 spiro atoms. The van der Waals surface area contributed by atoms with E-state index in [0.29, 0.717) is 18.7 Å². The van der Waals surface area contributed by atoms with E-state index in [4.69, 9.17) is 16.3 Å². The molecule has 7 nitrogen and oxygen atoms in total. The van der Waals surface area contributed by atoms with Crippen molar-refractivity contribution < 1.29 is 27.1 Å². The average molecular weight is 455 g/mol. The number of piperazine rings is 1. The van der Waals surface area contributed by atoms with Gasteiger partial charge in [0.05, 0.1) is 15.5 Å². The molecule has 10 heteroatoms. The molecule has 160 valence electrons. The van der Waals surface area contributed by atoms with Crippen molar-refractivity contribution in [3.8, 4) is 0 Å². The summed E-state index contributed by atoms with van der Waals surface area (Å²) < 4.78 is 45.4. The van der Waals surface area contributed by atoms with E-state index in [0.717, 1.165) is 6.07 Å². The number of esters is 1. The molecule has 30 heavy (non-hydrogen) atoms. The van der Waals surface area contributed by atoms with Gasteiger partial charge < -0.3 is 9.64 Å². The normalized spacial score (nSPS) is 15.1. The number of ether oxygens (including phenoxy) is 1. The Hall–Kier alpha value is -2.49. The summed E-state index contributed by atoms with van der Waals surface area (Å²) in [6, 6.07) is 9.29. The summed E-state index contributed by atoms with van der Waals surface area (Å²) in [7, 11) is -3.82. The van der Waals surface area contributed by atoms with Gasteiger partial charge in [0.25, 0.3) is 0 Å². The van der Waals surface area contributed by atoms with Gasteiger partial charge in [0.15, 0.2) is 0 Å². The topological polar surface area (TPSA) is 84.0 Å². The average Bonchev–Trinajstić information content (AvgIpc) is 2.73. The van der Waals surface area contributed by atoms with Gasteiger partial charge >= 0.3 is 5.97 Å². The predicted molar refractivity (Wildman–Crippen MR) is 108 cm³/mol. The van der Waals surface area contributed by atoms with Crippen molar-refractivity contribution in [2.75, 3.05) is 26.2 Å². The summed E-state index contributed by atoms with van der Waals surface area (Å²) in [5, 5.41) is 0.129. The fraction of sp³-hybridized carbons (Fsp3) is 0.300. The first-order chi connectivity index (χ1) is 14.2. The molecule has 2 aromatic carbocycles. The molecule has 2 aromatic rings. The summed E-state index contributed by atoms with van der Waals surface area (Å²) in [5.41, 5.74) is 0.496. The molecule has 0 radical (unpaired) electrons. The van der Waals surface area contributed by atoms with Crippen LogP contribution >= 0.6 is 11.6 Å². The van der Waals surface area contributed by atoms with Gasteiger partial charge in [-0.2, -0.15) is 4.31 Å². The Morgan fingerprint density at radius 2 is 1.80 bits per heavy atom. The molecular formula is C20H20ClFN2O5S. The zero-order valence-corrected chi connectivity index (χ0v) is 17.7. The van der Waals surface area contributed by atoms with Crippen LogP contribution in [0.1, 0.15) is 22.8 Å². The smallest absolute Gasteiger partial charge is 0.338 e. The van der Waals surface area contributed by atoms with Crippen LogP contribution in [0, 0.1) is 5.82 Å². The summed E-state index contributed by atoms with van der Waals surface area (Å²) in [5.74, 6) is -1.33. The summed E-state index contributed by atoms with van der Waals surface area (Å²) >= 11 is 5.92. The fourth-order valence-electron chi connectivity index (χ4n) is 3.04. The number of amides is 1.